The van der Waals surface area contributed by atoms with Crippen LogP contribution >= 0.6 is 0 Å². The molecule has 1 aliphatic carbocycles. The minimum atomic E-state index is -0.605. The van der Waals surface area contributed by atoms with Crippen LogP contribution in [0.15, 0.2) is 48.5 Å². The van der Waals surface area contributed by atoms with Crippen LogP contribution in [0.4, 0.5) is 0 Å². The van der Waals surface area contributed by atoms with Gasteiger partial charge in [0.2, 0.25) is 5.91 Å². The number of amides is 2. The second kappa shape index (κ2) is 11.7. The summed E-state index contributed by atoms with van der Waals surface area (Å²) in [5, 5.41) is 3.11. The number of ether oxygens (including phenoxy) is 2. The van der Waals surface area contributed by atoms with Crippen molar-refractivity contribution < 1.29 is 19.1 Å². The van der Waals surface area contributed by atoms with Crippen LogP contribution in [0.1, 0.15) is 63.5 Å². The molecule has 0 radical (unpaired) electrons. The Morgan fingerprint density at radius 1 is 0.970 bits per heavy atom. The number of nitrogens with zero attached hydrogens (tertiary/aromatic N) is 1. The van der Waals surface area contributed by atoms with E-state index in [1.54, 1.807) is 18.9 Å². The van der Waals surface area contributed by atoms with Crippen LogP contribution in [0.25, 0.3) is 0 Å². The summed E-state index contributed by atoms with van der Waals surface area (Å²) in [5.74, 6) is 1.47. The smallest absolute Gasteiger partial charge is 0.261 e. The number of carbonyl (C=O) groups is 2. The molecule has 0 bridgehead atoms. The van der Waals surface area contributed by atoms with Gasteiger partial charge in [0.15, 0.2) is 6.61 Å². The molecule has 2 aromatic rings. The Labute approximate surface area is 197 Å². The Kier molecular flexibility index (Phi) is 8.75. The lowest BCUT2D eigenvalue weighted by Gasteiger charge is -2.29. The molecule has 0 saturated heterocycles. The second-order valence-electron chi connectivity index (χ2n) is 9.05. The van der Waals surface area contributed by atoms with E-state index in [4.69, 9.17) is 9.47 Å². The van der Waals surface area contributed by atoms with Crippen molar-refractivity contribution >= 4 is 11.8 Å². The highest BCUT2D eigenvalue weighted by molar-refractivity contribution is 5.88. The second-order valence-corrected chi connectivity index (χ2v) is 9.05. The topological polar surface area (TPSA) is 67.9 Å². The van der Waals surface area contributed by atoms with Crippen molar-refractivity contribution in [1.29, 1.82) is 0 Å². The van der Waals surface area contributed by atoms with Gasteiger partial charge >= 0.3 is 0 Å². The van der Waals surface area contributed by atoms with Crippen molar-refractivity contribution in [3.05, 3.63) is 59.7 Å². The lowest BCUT2D eigenvalue weighted by molar-refractivity contribution is -0.142. The first kappa shape index (κ1) is 24.6. The summed E-state index contributed by atoms with van der Waals surface area (Å²) in [5.41, 5.74) is 2.14. The van der Waals surface area contributed by atoms with Gasteiger partial charge < -0.3 is 19.7 Å². The van der Waals surface area contributed by atoms with Crippen molar-refractivity contribution in [1.82, 2.24) is 10.2 Å². The largest absolute Gasteiger partial charge is 0.497 e. The molecule has 178 valence electrons. The summed E-state index contributed by atoms with van der Waals surface area (Å²) in [4.78, 5) is 27.7. The van der Waals surface area contributed by atoms with Crippen molar-refractivity contribution in [3.63, 3.8) is 0 Å². The van der Waals surface area contributed by atoms with Crippen LogP contribution in [0.3, 0.4) is 0 Å². The molecule has 1 unspecified atom stereocenters. The summed E-state index contributed by atoms with van der Waals surface area (Å²) >= 11 is 0. The van der Waals surface area contributed by atoms with Gasteiger partial charge in [0.1, 0.15) is 17.5 Å². The maximum Gasteiger partial charge on any atom is 0.261 e. The van der Waals surface area contributed by atoms with Crippen molar-refractivity contribution in [2.75, 3.05) is 13.7 Å². The lowest BCUT2D eigenvalue weighted by Crippen LogP contribution is -2.50. The number of carbonyl (C=O) groups excluding carboxylic acids is 2. The third kappa shape index (κ3) is 6.98. The SMILES string of the molecule is COc1ccc(CN(C(=O)COc2ccc(C(C)C)cc2)C(C)C(=O)NC2CCCC2)cc1. The summed E-state index contributed by atoms with van der Waals surface area (Å²) in [6, 6.07) is 14.9. The average molecular weight is 453 g/mol. The highest BCUT2D eigenvalue weighted by Gasteiger charge is 2.28. The van der Waals surface area contributed by atoms with E-state index in [1.165, 1.54) is 5.56 Å². The Bertz CT molecular complexity index is 903. The zero-order valence-corrected chi connectivity index (χ0v) is 20.2. The van der Waals surface area contributed by atoms with Crippen LogP contribution in [-0.4, -0.2) is 42.5 Å². The minimum absolute atomic E-state index is 0.120. The van der Waals surface area contributed by atoms with Crippen molar-refractivity contribution in [2.45, 2.75) is 71.0 Å². The molecule has 6 heteroatoms. The monoisotopic (exact) mass is 452 g/mol. The summed E-state index contributed by atoms with van der Waals surface area (Å²) < 4.78 is 11.0. The van der Waals surface area contributed by atoms with Gasteiger partial charge in [-0.25, -0.2) is 0 Å². The van der Waals surface area contributed by atoms with E-state index in [-0.39, 0.29) is 24.5 Å². The van der Waals surface area contributed by atoms with Crippen LogP contribution in [0.2, 0.25) is 0 Å². The number of nitrogens with one attached hydrogen (secondary N) is 1. The predicted molar refractivity (Wildman–Crippen MR) is 129 cm³/mol. The number of hydrogen-bond acceptors (Lipinski definition) is 4. The van der Waals surface area contributed by atoms with Gasteiger partial charge in [0.25, 0.3) is 5.91 Å². The fourth-order valence-electron chi connectivity index (χ4n) is 4.08. The Balaban J connectivity index is 1.69. The van der Waals surface area contributed by atoms with E-state index in [1.807, 2.05) is 48.5 Å². The molecule has 3 rings (SSSR count). The predicted octanol–water partition coefficient (Wildman–Crippen LogP) is 4.67. The maximum atomic E-state index is 13.2. The van der Waals surface area contributed by atoms with Crippen LogP contribution in [-0.2, 0) is 16.1 Å². The highest BCUT2D eigenvalue weighted by atomic mass is 16.5. The molecule has 6 nitrogen and oxygen atoms in total. The molecule has 0 aromatic heterocycles. The molecule has 1 fully saturated rings. The number of benzene rings is 2. The zero-order valence-electron chi connectivity index (χ0n) is 20.2. The molecule has 0 heterocycles. The van der Waals surface area contributed by atoms with Gasteiger partial charge in [-0.05, 0) is 61.1 Å². The number of rotatable bonds is 10. The molecule has 1 saturated carbocycles. The van der Waals surface area contributed by atoms with E-state index in [2.05, 4.69) is 19.2 Å². The standard InChI is InChI=1S/C27H36N2O4/c1-19(2)22-11-15-25(16-12-22)33-18-26(30)29(17-21-9-13-24(32-4)14-10-21)20(3)27(31)28-23-7-5-6-8-23/h9-16,19-20,23H,5-8,17-18H2,1-4H3,(H,28,31). The van der Waals surface area contributed by atoms with E-state index in [0.29, 0.717) is 18.2 Å². The molecular formula is C27H36N2O4. The lowest BCUT2D eigenvalue weighted by atomic mass is 10.0. The molecule has 33 heavy (non-hydrogen) atoms. The summed E-state index contributed by atoms with van der Waals surface area (Å²) in [7, 11) is 1.62. The molecular weight excluding hydrogens is 416 g/mol. The first-order valence-electron chi connectivity index (χ1n) is 11.8. The fraction of sp³-hybridized carbons (Fsp3) is 0.481. The summed E-state index contributed by atoms with van der Waals surface area (Å²) in [6.45, 7) is 6.24. The number of hydrogen-bond donors (Lipinski definition) is 1. The van der Waals surface area contributed by atoms with Gasteiger partial charge in [-0.1, -0.05) is 51.0 Å². The maximum absolute atomic E-state index is 13.2. The van der Waals surface area contributed by atoms with E-state index >= 15 is 0 Å². The van der Waals surface area contributed by atoms with Crippen molar-refractivity contribution in [2.24, 2.45) is 0 Å². The molecule has 2 amide bonds. The first-order chi connectivity index (χ1) is 15.9. The van der Waals surface area contributed by atoms with Crippen LogP contribution in [0, 0.1) is 0 Å². The Hall–Kier alpha value is -3.02. The highest BCUT2D eigenvalue weighted by Crippen LogP contribution is 2.21. The molecule has 2 aromatic carbocycles. The normalized spacial score (nSPS) is 14.7. The van der Waals surface area contributed by atoms with Gasteiger partial charge in [-0.2, -0.15) is 0 Å². The van der Waals surface area contributed by atoms with E-state index in [0.717, 1.165) is 37.0 Å². The Morgan fingerprint density at radius 3 is 2.15 bits per heavy atom. The van der Waals surface area contributed by atoms with E-state index in [9.17, 15) is 9.59 Å². The molecule has 1 atom stereocenters. The zero-order chi connectivity index (χ0) is 23.8. The Morgan fingerprint density at radius 2 is 1.58 bits per heavy atom. The molecule has 0 spiro atoms. The van der Waals surface area contributed by atoms with Gasteiger partial charge in [-0.15, -0.1) is 0 Å². The number of methoxy groups -OCH3 is 1. The van der Waals surface area contributed by atoms with Crippen LogP contribution < -0.4 is 14.8 Å². The molecule has 1 aliphatic rings. The van der Waals surface area contributed by atoms with Gasteiger partial charge in [0, 0.05) is 12.6 Å². The van der Waals surface area contributed by atoms with Crippen molar-refractivity contribution in [3.8, 4) is 11.5 Å². The first-order valence-corrected chi connectivity index (χ1v) is 11.8. The third-order valence-electron chi connectivity index (χ3n) is 6.29. The third-order valence-corrected chi connectivity index (χ3v) is 6.29. The van der Waals surface area contributed by atoms with Gasteiger partial charge in [-0.3, -0.25) is 9.59 Å². The fourth-order valence-corrected chi connectivity index (χ4v) is 4.08. The molecule has 0 aliphatic heterocycles. The summed E-state index contributed by atoms with van der Waals surface area (Å²) in [6.07, 6.45) is 4.27. The quantitative estimate of drug-likeness (QED) is 0.569. The minimum Gasteiger partial charge on any atom is -0.497 e. The van der Waals surface area contributed by atoms with E-state index < -0.39 is 6.04 Å². The van der Waals surface area contributed by atoms with Crippen LogP contribution in [0.5, 0.6) is 11.5 Å². The van der Waals surface area contributed by atoms with Gasteiger partial charge in [0.05, 0.1) is 7.11 Å². The molecule has 1 N–H and O–H groups in total. The average Bonchev–Trinajstić information content (AvgIpc) is 3.34.